The summed E-state index contributed by atoms with van der Waals surface area (Å²) in [6.45, 7) is 2.83. The molecule has 1 aliphatic rings. The second-order valence-corrected chi connectivity index (χ2v) is 8.06. The van der Waals surface area contributed by atoms with Crippen LogP contribution in [0.15, 0.2) is 42.2 Å². The fraction of sp³-hybridized carbons (Fsp3) is 0.429. The Balaban J connectivity index is 1.43. The number of aliphatic imine (C=N–C) groups is 1. The Labute approximate surface area is 187 Å². The van der Waals surface area contributed by atoms with Crippen molar-refractivity contribution in [1.29, 1.82) is 0 Å². The smallest absolute Gasteiger partial charge is 0.332 e. The predicted octanol–water partition coefficient (Wildman–Crippen LogP) is 2.40. The summed E-state index contributed by atoms with van der Waals surface area (Å²) in [6, 6.07) is 3.00. The van der Waals surface area contributed by atoms with E-state index in [9.17, 15) is 14.4 Å². The SMILES string of the molecule is CCCCn1c2c(c(=O)n(CCCCc3noc(-c4ccc(=O)[nH]c4)n3)c1=O)CC(Cl)=N2. The fourth-order valence-corrected chi connectivity index (χ4v) is 3.83. The Morgan fingerprint density at radius 3 is 2.69 bits per heavy atom. The topological polar surface area (TPSA) is 128 Å². The van der Waals surface area contributed by atoms with E-state index in [0.717, 1.165) is 12.8 Å². The van der Waals surface area contributed by atoms with Crippen LogP contribution >= 0.6 is 11.6 Å². The number of H-pyrrole nitrogens is 1. The second kappa shape index (κ2) is 9.47. The lowest BCUT2D eigenvalue weighted by Gasteiger charge is -2.13. The number of pyridine rings is 1. The number of hydrogen-bond acceptors (Lipinski definition) is 7. The quantitative estimate of drug-likeness (QED) is 0.490. The van der Waals surface area contributed by atoms with Crippen molar-refractivity contribution >= 4 is 22.6 Å². The average molecular weight is 459 g/mol. The van der Waals surface area contributed by atoms with Gasteiger partial charge in [0.05, 0.1) is 11.1 Å². The molecule has 1 N–H and O–H groups in total. The number of nitrogens with one attached hydrogen (secondary N) is 1. The van der Waals surface area contributed by atoms with Gasteiger partial charge in [0, 0.05) is 38.2 Å². The monoisotopic (exact) mass is 458 g/mol. The van der Waals surface area contributed by atoms with E-state index in [1.165, 1.54) is 16.8 Å². The lowest BCUT2D eigenvalue weighted by Crippen LogP contribution is -2.41. The van der Waals surface area contributed by atoms with E-state index in [1.54, 1.807) is 10.6 Å². The summed E-state index contributed by atoms with van der Waals surface area (Å²) < 4.78 is 8.08. The van der Waals surface area contributed by atoms with Crippen LogP contribution in [0.25, 0.3) is 11.5 Å². The van der Waals surface area contributed by atoms with E-state index >= 15 is 0 Å². The summed E-state index contributed by atoms with van der Waals surface area (Å²) in [5.41, 5.74) is 0.225. The molecule has 0 saturated carbocycles. The molecule has 0 fully saturated rings. The highest BCUT2D eigenvalue weighted by Crippen LogP contribution is 2.24. The number of rotatable bonds is 9. The Kier molecular flexibility index (Phi) is 6.50. The lowest BCUT2D eigenvalue weighted by molar-refractivity contribution is 0.420. The zero-order valence-corrected chi connectivity index (χ0v) is 18.4. The molecule has 0 unspecified atom stereocenters. The third-order valence-electron chi connectivity index (χ3n) is 5.31. The minimum absolute atomic E-state index is 0.210. The second-order valence-electron chi connectivity index (χ2n) is 7.63. The van der Waals surface area contributed by atoms with Crippen molar-refractivity contribution in [2.45, 2.75) is 58.5 Å². The number of unbranched alkanes of at least 4 members (excludes halogenated alkanes) is 2. The van der Waals surface area contributed by atoms with Crippen LogP contribution in [0.5, 0.6) is 0 Å². The van der Waals surface area contributed by atoms with Gasteiger partial charge in [-0.1, -0.05) is 30.1 Å². The molecule has 0 saturated heterocycles. The van der Waals surface area contributed by atoms with Crippen molar-refractivity contribution in [3.8, 4) is 11.5 Å². The number of aryl methyl sites for hydroxylation is 1. The van der Waals surface area contributed by atoms with Gasteiger partial charge in [-0.3, -0.25) is 18.7 Å². The first-order chi connectivity index (χ1) is 15.5. The Morgan fingerprint density at radius 1 is 1.12 bits per heavy atom. The van der Waals surface area contributed by atoms with E-state index in [1.807, 2.05) is 6.92 Å². The third-order valence-corrected chi connectivity index (χ3v) is 5.53. The fourth-order valence-electron chi connectivity index (χ4n) is 3.61. The summed E-state index contributed by atoms with van der Waals surface area (Å²) >= 11 is 6.06. The van der Waals surface area contributed by atoms with Gasteiger partial charge in [-0.05, 0) is 25.3 Å². The number of hydrogen-bond donors (Lipinski definition) is 1. The van der Waals surface area contributed by atoms with Gasteiger partial charge in [0.15, 0.2) is 5.82 Å². The molecule has 4 heterocycles. The highest BCUT2D eigenvalue weighted by Gasteiger charge is 2.24. The summed E-state index contributed by atoms with van der Waals surface area (Å²) in [7, 11) is 0. The van der Waals surface area contributed by atoms with E-state index in [2.05, 4.69) is 20.1 Å². The molecule has 0 amide bonds. The standard InChI is InChI=1S/C21H23ClN6O4/c1-2-3-9-27-18-14(11-15(22)24-18)20(30)28(21(27)31)10-5-4-6-16-25-19(32-26-16)13-7-8-17(29)23-12-13/h7-8,12H,2-6,9-11H2,1H3,(H,23,29). The van der Waals surface area contributed by atoms with Crippen LogP contribution in [0.4, 0.5) is 5.82 Å². The predicted molar refractivity (Wildman–Crippen MR) is 120 cm³/mol. The van der Waals surface area contributed by atoms with Crippen molar-refractivity contribution in [1.82, 2.24) is 24.3 Å². The molecule has 10 nitrogen and oxygen atoms in total. The zero-order chi connectivity index (χ0) is 22.7. The molecule has 0 bridgehead atoms. The molecule has 168 valence electrons. The maximum atomic E-state index is 13.0. The van der Waals surface area contributed by atoms with Gasteiger partial charge in [-0.25, -0.2) is 9.79 Å². The van der Waals surface area contributed by atoms with Crippen LogP contribution in [0, 0.1) is 0 Å². The molecule has 4 rings (SSSR count). The molecule has 0 spiro atoms. The van der Waals surface area contributed by atoms with Gasteiger partial charge in [-0.2, -0.15) is 4.98 Å². The van der Waals surface area contributed by atoms with Crippen molar-refractivity contribution in [2.24, 2.45) is 4.99 Å². The maximum absolute atomic E-state index is 13.0. The first-order valence-corrected chi connectivity index (χ1v) is 11.0. The Hall–Kier alpha value is -3.27. The van der Waals surface area contributed by atoms with Gasteiger partial charge >= 0.3 is 5.69 Å². The molecular formula is C21H23ClN6O4. The van der Waals surface area contributed by atoms with Crippen molar-refractivity contribution in [3.05, 3.63) is 60.9 Å². The highest BCUT2D eigenvalue weighted by atomic mass is 35.5. The van der Waals surface area contributed by atoms with Gasteiger partial charge in [0.2, 0.25) is 5.56 Å². The first kappa shape index (κ1) is 21.9. The third kappa shape index (κ3) is 4.50. The minimum Gasteiger partial charge on any atom is -0.334 e. The molecular weight excluding hydrogens is 436 g/mol. The van der Waals surface area contributed by atoms with Crippen LogP contribution in [0.3, 0.4) is 0 Å². The number of halogens is 1. The summed E-state index contributed by atoms with van der Waals surface area (Å²) in [5.74, 6) is 1.24. The van der Waals surface area contributed by atoms with Crippen LogP contribution in [0.2, 0.25) is 0 Å². The lowest BCUT2D eigenvalue weighted by atomic mass is 10.2. The van der Waals surface area contributed by atoms with Crippen molar-refractivity contribution < 1.29 is 4.52 Å². The Morgan fingerprint density at radius 2 is 1.94 bits per heavy atom. The van der Waals surface area contributed by atoms with Gasteiger partial charge in [0.25, 0.3) is 11.4 Å². The van der Waals surface area contributed by atoms with Crippen LogP contribution in [-0.4, -0.2) is 29.4 Å². The normalized spacial score (nSPS) is 12.8. The average Bonchev–Trinajstić information content (AvgIpc) is 3.40. The summed E-state index contributed by atoms with van der Waals surface area (Å²) in [5, 5.41) is 4.28. The molecule has 0 radical (unpaired) electrons. The molecule has 3 aromatic heterocycles. The number of aromatic amines is 1. The molecule has 3 aromatic rings. The van der Waals surface area contributed by atoms with Crippen molar-refractivity contribution in [2.75, 3.05) is 0 Å². The highest BCUT2D eigenvalue weighted by molar-refractivity contribution is 6.66. The Bertz CT molecular complexity index is 1310. The maximum Gasteiger partial charge on any atom is 0.332 e. The zero-order valence-electron chi connectivity index (χ0n) is 17.6. The largest absolute Gasteiger partial charge is 0.334 e. The molecule has 0 aliphatic carbocycles. The van der Waals surface area contributed by atoms with E-state index in [-0.39, 0.29) is 23.2 Å². The van der Waals surface area contributed by atoms with Gasteiger partial charge in [0.1, 0.15) is 11.0 Å². The molecule has 0 aromatic carbocycles. The van der Waals surface area contributed by atoms with E-state index < -0.39 is 0 Å². The number of fused-ring (bicyclic) bond motifs is 1. The van der Waals surface area contributed by atoms with E-state index in [0.29, 0.717) is 66.2 Å². The van der Waals surface area contributed by atoms with Crippen molar-refractivity contribution in [3.63, 3.8) is 0 Å². The molecule has 32 heavy (non-hydrogen) atoms. The minimum atomic E-state index is -0.350. The van der Waals surface area contributed by atoms with E-state index in [4.69, 9.17) is 16.1 Å². The first-order valence-electron chi connectivity index (χ1n) is 10.6. The van der Waals surface area contributed by atoms with Crippen LogP contribution in [-0.2, 0) is 25.9 Å². The number of aromatic nitrogens is 5. The number of nitrogens with zero attached hydrogens (tertiary/aromatic N) is 5. The summed E-state index contributed by atoms with van der Waals surface area (Å²) in [4.78, 5) is 48.1. The van der Waals surface area contributed by atoms with Gasteiger partial charge < -0.3 is 9.51 Å². The molecule has 1 aliphatic heterocycles. The molecule has 11 heteroatoms. The molecule has 0 atom stereocenters. The van der Waals surface area contributed by atoms with Crippen LogP contribution < -0.4 is 16.8 Å². The van der Waals surface area contributed by atoms with Crippen LogP contribution in [0.1, 0.15) is 44.0 Å². The summed E-state index contributed by atoms with van der Waals surface area (Å²) in [6.07, 6.45) is 5.30. The van der Waals surface area contributed by atoms with Gasteiger partial charge in [-0.15, -0.1) is 0 Å².